The Balaban J connectivity index is 1.94. The second-order valence-electron chi connectivity index (χ2n) is 5.47. The molecule has 116 valence electrons. The van der Waals surface area contributed by atoms with Crippen molar-refractivity contribution in [2.75, 3.05) is 20.6 Å². The molecular weight excluding hydrogens is 276 g/mol. The van der Waals surface area contributed by atoms with Crippen LogP contribution >= 0.6 is 0 Å². The molecule has 0 aliphatic rings. The third-order valence-corrected chi connectivity index (χ3v) is 3.48. The van der Waals surface area contributed by atoms with Crippen LogP contribution in [0.25, 0.3) is 0 Å². The number of carbonyl (C=O) groups excluding carboxylic acids is 1. The van der Waals surface area contributed by atoms with Gasteiger partial charge in [0.1, 0.15) is 5.75 Å². The van der Waals surface area contributed by atoms with Crippen LogP contribution in [0.3, 0.4) is 0 Å². The van der Waals surface area contributed by atoms with Gasteiger partial charge < -0.3 is 15.0 Å². The number of amides is 1. The van der Waals surface area contributed by atoms with Crippen molar-refractivity contribution in [1.82, 2.24) is 10.2 Å². The Hall–Kier alpha value is -2.33. The second kappa shape index (κ2) is 7.61. The Morgan fingerprint density at radius 2 is 1.73 bits per heavy atom. The number of hydrogen-bond donors (Lipinski definition) is 1. The summed E-state index contributed by atoms with van der Waals surface area (Å²) in [5, 5.41) is 2.82. The maximum Gasteiger partial charge on any atom is 0.412 e. The molecule has 1 amide bonds. The highest BCUT2D eigenvalue weighted by molar-refractivity contribution is 5.70. The fourth-order valence-corrected chi connectivity index (χ4v) is 2.20. The fraction of sp³-hybridized carbons (Fsp3) is 0.278. The number of rotatable bonds is 5. The van der Waals surface area contributed by atoms with Crippen LogP contribution in [0.5, 0.6) is 5.75 Å². The molecule has 4 heteroatoms. The Morgan fingerprint density at radius 3 is 2.32 bits per heavy atom. The third kappa shape index (κ3) is 4.60. The number of benzene rings is 2. The predicted molar refractivity (Wildman–Crippen MR) is 88.1 cm³/mol. The molecule has 1 N–H and O–H groups in total. The van der Waals surface area contributed by atoms with Crippen LogP contribution in [0.15, 0.2) is 54.6 Å². The van der Waals surface area contributed by atoms with Crippen molar-refractivity contribution in [3.63, 3.8) is 0 Å². The maximum atomic E-state index is 11.9. The van der Waals surface area contributed by atoms with E-state index in [0.717, 1.165) is 5.56 Å². The number of nitrogens with zero attached hydrogens (tertiary/aromatic N) is 1. The van der Waals surface area contributed by atoms with E-state index in [9.17, 15) is 4.79 Å². The van der Waals surface area contributed by atoms with Crippen LogP contribution in [-0.4, -0.2) is 31.6 Å². The van der Waals surface area contributed by atoms with E-state index in [0.29, 0.717) is 12.3 Å². The number of likely N-dealkylation sites (N-methyl/N-ethyl adjacent to an activating group) is 1. The molecule has 2 aromatic rings. The van der Waals surface area contributed by atoms with Gasteiger partial charge in [-0.05, 0) is 38.7 Å². The smallest absolute Gasteiger partial charge is 0.410 e. The molecule has 1 unspecified atom stereocenters. The number of ether oxygens (including phenoxy) is 1. The minimum atomic E-state index is -0.440. The largest absolute Gasteiger partial charge is 0.412 e. The third-order valence-electron chi connectivity index (χ3n) is 3.48. The Bertz CT molecular complexity index is 594. The van der Waals surface area contributed by atoms with Crippen LogP contribution in [-0.2, 0) is 0 Å². The summed E-state index contributed by atoms with van der Waals surface area (Å²) in [5.41, 5.74) is 2.38. The fourth-order valence-electron chi connectivity index (χ4n) is 2.20. The van der Waals surface area contributed by atoms with E-state index in [1.165, 1.54) is 5.56 Å². The molecule has 1 atom stereocenters. The minimum absolute atomic E-state index is 0.101. The van der Waals surface area contributed by atoms with Gasteiger partial charge >= 0.3 is 6.09 Å². The zero-order chi connectivity index (χ0) is 15.9. The number of carbonyl (C=O) groups is 1. The van der Waals surface area contributed by atoms with E-state index >= 15 is 0 Å². The van der Waals surface area contributed by atoms with Gasteiger partial charge in [-0.15, -0.1) is 0 Å². The molecule has 0 aliphatic heterocycles. The predicted octanol–water partition coefficient (Wildman–Crippen LogP) is 3.39. The van der Waals surface area contributed by atoms with Crippen LogP contribution < -0.4 is 10.1 Å². The summed E-state index contributed by atoms with van der Waals surface area (Å²) in [7, 11) is 3.99. The van der Waals surface area contributed by atoms with E-state index in [2.05, 4.69) is 41.4 Å². The van der Waals surface area contributed by atoms with E-state index < -0.39 is 6.09 Å². The SMILES string of the molecule is Cc1ccc(C(CNC(=O)Oc2ccccc2)N(C)C)cc1. The average Bonchev–Trinajstić information content (AvgIpc) is 2.50. The van der Waals surface area contributed by atoms with Gasteiger partial charge in [-0.25, -0.2) is 4.79 Å². The monoisotopic (exact) mass is 298 g/mol. The van der Waals surface area contributed by atoms with E-state index in [1.54, 1.807) is 12.1 Å². The molecule has 0 saturated carbocycles. The lowest BCUT2D eigenvalue weighted by Gasteiger charge is -2.25. The second-order valence-corrected chi connectivity index (χ2v) is 5.47. The molecule has 2 aromatic carbocycles. The van der Waals surface area contributed by atoms with Crippen molar-refractivity contribution in [3.8, 4) is 5.75 Å². The van der Waals surface area contributed by atoms with Crippen LogP contribution in [0.4, 0.5) is 4.79 Å². The summed E-state index contributed by atoms with van der Waals surface area (Å²) >= 11 is 0. The summed E-state index contributed by atoms with van der Waals surface area (Å²) < 4.78 is 5.23. The van der Waals surface area contributed by atoms with Crippen LogP contribution in [0, 0.1) is 6.92 Å². The highest BCUT2D eigenvalue weighted by Crippen LogP contribution is 2.18. The number of para-hydroxylation sites is 1. The van der Waals surface area contributed by atoms with Gasteiger partial charge in [0.05, 0.1) is 6.04 Å². The molecule has 0 aromatic heterocycles. The topological polar surface area (TPSA) is 41.6 Å². The molecular formula is C18H22N2O2. The van der Waals surface area contributed by atoms with Crippen molar-refractivity contribution in [2.45, 2.75) is 13.0 Å². The summed E-state index contributed by atoms with van der Waals surface area (Å²) in [6.07, 6.45) is -0.440. The Kier molecular flexibility index (Phi) is 5.55. The molecule has 0 bridgehead atoms. The molecule has 0 heterocycles. The first-order chi connectivity index (χ1) is 10.6. The minimum Gasteiger partial charge on any atom is -0.410 e. The molecule has 22 heavy (non-hydrogen) atoms. The van der Waals surface area contributed by atoms with Gasteiger partial charge in [0, 0.05) is 6.54 Å². The van der Waals surface area contributed by atoms with Gasteiger partial charge in [-0.1, -0.05) is 48.0 Å². The standard InChI is InChI=1S/C18H22N2O2/c1-14-9-11-15(12-10-14)17(20(2)3)13-19-18(21)22-16-7-5-4-6-8-16/h4-12,17H,13H2,1-3H3,(H,19,21). The van der Waals surface area contributed by atoms with E-state index in [-0.39, 0.29) is 6.04 Å². The van der Waals surface area contributed by atoms with Gasteiger partial charge in [0.25, 0.3) is 0 Å². The number of hydrogen-bond acceptors (Lipinski definition) is 3. The molecule has 0 fully saturated rings. The Morgan fingerprint density at radius 1 is 1.09 bits per heavy atom. The lowest BCUT2D eigenvalue weighted by molar-refractivity contribution is 0.194. The molecule has 0 radical (unpaired) electrons. The molecule has 0 aliphatic carbocycles. The summed E-state index contributed by atoms with van der Waals surface area (Å²) in [4.78, 5) is 13.9. The molecule has 4 nitrogen and oxygen atoms in total. The first-order valence-corrected chi connectivity index (χ1v) is 7.30. The summed E-state index contributed by atoms with van der Waals surface area (Å²) in [6.45, 7) is 2.55. The van der Waals surface area contributed by atoms with Gasteiger partial charge in [-0.2, -0.15) is 0 Å². The lowest BCUT2D eigenvalue weighted by Crippen LogP contribution is -2.36. The molecule has 2 rings (SSSR count). The number of aryl methyl sites for hydroxylation is 1. The first kappa shape index (κ1) is 16.0. The zero-order valence-electron chi connectivity index (χ0n) is 13.2. The van der Waals surface area contributed by atoms with Crippen LogP contribution in [0.2, 0.25) is 0 Å². The Labute approximate surface area is 131 Å². The van der Waals surface area contributed by atoms with Crippen molar-refractivity contribution < 1.29 is 9.53 Å². The maximum absolute atomic E-state index is 11.9. The molecule has 0 spiro atoms. The van der Waals surface area contributed by atoms with Crippen molar-refractivity contribution in [2.24, 2.45) is 0 Å². The average molecular weight is 298 g/mol. The zero-order valence-corrected chi connectivity index (χ0v) is 13.2. The quantitative estimate of drug-likeness (QED) is 0.920. The normalized spacial score (nSPS) is 12.0. The van der Waals surface area contributed by atoms with Gasteiger partial charge in [0.15, 0.2) is 0 Å². The summed E-state index contributed by atoms with van der Waals surface area (Å²) in [5.74, 6) is 0.539. The van der Waals surface area contributed by atoms with E-state index in [1.807, 2.05) is 32.3 Å². The summed E-state index contributed by atoms with van der Waals surface area (Å²) in [6, 6.07) is 17.5. The molecule has 0 saturated heterocycles. The van der Waals surface area contributed by atoms with Crippen molar-refractivity contribution in [3.05, 3.63) is 65.7 Å². The van der Waals surface area contributed by atoms with Crippen LogP contribution in [0.1, 0.15) is 17.2 Å². The number of nitrogens with one attached hydrogen (secondary N) is 1. The highest BCUT2D eigenvalue weighted by Gasteiger charge is 2.15. The lowest BCUT2D eigenvalue weighted by atomic mass is 10.0. The van der Waals surface area contributed by atoms with Crippen molar-refractivity contribution in [1.29, 1.82) is 0 Å². The van der Waals surface area contributed by atoms with Gasteiger partial charge in [-0.3, -0.25) is 0 Å². The first-order valence-electron chi connectivity index (χ1n) is 7.30. The van der Waals surface area contributed by atoms with Gasteiger partial charge in [0.2, 0.25) is 0 Å². The van der Waals surface area contributed by atoms with Crippen molar-refractivity contribution >= 4 is 6.09 Å². The highest BCUT2D eigenvalue weighted by atomic mass is 16.6. The van der Waals surface area contributed by atoms with E-state index in [4.69, 9.17) is 4.74 Å².